The van der Waals surface area contributed by atoms with Gasteiger partial charge in [0.05, 0.1) is 16.5 Å². The minimum absolute atomic E-state index is 0.159. The fourth-order valence-corrected chi connectivity index (χ4v) is 4.74. The van der Waals surface area contributed by atoms with Crippen molar-refractivity contribution in [1.29, 1.82) is 0 Å². The Morgan fingerprint density at radius 3 is 2.68 bits per heavy atom. The Hall–Kier alpha value is -3.38. The summed E-state index contributed by atoms with van der Waals surface area (Å²) in [5.74, 6) is 0.0447. The molecule has 0 saturated carbocycles. The molecular weight excluding hydrogens is 461 g/mol. The number of pyridine rings is 1. The van der Waals surface area contributed by atoms with E-state index in [-0.39, 0.29) is 24.7 Å². The van der Waals surface area contributed by atoms with Crippen LogP contribution in [0, 0.1) is 12.3 Å². The normalized spacial score (nSPS) is 21.1. The maximum absolute atomic E-state index is 13.3. The van der Waals surface area contributed by atoms with E-state index in [0.29, 0.717) is 42.1 Å². The number of halogens is 5. The van der Waals surface area contributed by atoms with Crippen LogP contribution < -0.4 is 9.80 Å². The average molecular weight is 481 g/mol. The van der Waals surface area contributed by atoms with Gasteiger partial charge in [-0.15, -0.1) is 0 Å². The molecular formula is C21H20F5N7O. The highest BCUT2D eigenvalue weighted by Gasteiger charge is 2.52. The molecule has 0 aliphatic carbocycles. The van der Waals surface area contributed by atoms with Crippen LogP contribution in [0.2, 0.25) is 0 Å². The smallest absolute Gasteiger partial charge is 0.340 e. The first kappa shape index (κ1) is 22.4. The Balaban J connectivity index is 1.39. The predicted octanol–water partition coefficient (Wildman–Crippen LogP) is 3.45. The molecule has 8 nitrogen and oxygen atoms in total. The molecule has 2 aliphatic rings. The monoisotopic (exact) mass is 481 g/mol. The lowest BCUT2D eigenvalue weighted by molar-refractivity contribution is -0.141. The second-order valence-corrected chi connectivity index (χ2v) is 8.62. The molecule has 0 bridgehead atoms. The lowest BCUT2D eigenvalue weighted by Gasteiger charge is -2.24. The van der Waals surface area contributed by atoms with Crippen LogP contribution >= 0.6 is 0 Å². The minimum Gasteiger partial charge on any atom is -0.340 e. The lowest BCUT2D eigenvalue weighted by atomic mass is 9.85. The van der Waals surface area contributed by atoms with E-state index in [0.717, 1.165) is 16.9 Å². The third-order valence-electron chi connectivity index (χ3n) is 6.47. The fourth-order valence-electron chi connectivity index (χ4n) is 4.74. The van der Waals surface area contributed by atoms with Crippen molar-refractivity contribution in [3.8, 4) is 0 Å². The van der Waals surface area contributed by atoms with Gasteiger partial charge in [-0.3, -0.25) is 9.78 Å². The molecule has 180 valence electrons. The van der Waals surface area contributed by atoms with Gasteiger partial charge in [0.2, 0.25) is 11.9 Å². The highest BCUT2D eigenvalue weighted by molar-refractivity contribution is 6.00. The maximum Gasteiger partial charge on any atom is 0.433 e. The summed E-state index contributed by atoms with van der Waals surface area (Å²) in [5.41, 5.74) is -0.841. The summed E-state index contributed by atoms with van der Waals surface area (Å²) in [6.07, 6.45) is -3.67. The molecule has 5 heterocycles. The molecule has 1 amide bonds. The van der Waals surface area contributed by atoms with Gasteiger partial charge in [0.25, 0.3) is 6.43 Å². The Bertz CT molecular complexity index is 1260. The number of aromatic nitrogens is 5. The Morgan fingerprint density at radius 2 is 1.94 bits per heavy atom. The number of nitrogens with zero attached hydrogens (tertiary/aromatic N) is 7. The number of carbonyl (C=O) groups excluding carboxylic acids is 1. The van der Waals surface area contributed by atoms with Crippen LogP contribution in [0.1, 0.15) is 24.2 Å². The molecule has 0 aromatic carbocycles. The lowest BCUT2D eigenvalue weighted by Crippen LogP contribution is -2.37. The molecule has 5 rings (SSSR count). The number of amides is 1. The Kier molecular flexibility index (Phi) is 5.17. The molecule has 2 fully saturated rings. The topological polar surface area (TPSA) is 80.0 Å². The van der Waals surface area contributed by atoms with Gasteiger partial charge in [0.15, 0.2) is 5.65 Å². The molecule has 0 radical (unpaired) electrons. The van der Waals surface area contributed by atoms with E-state index < -0.39 is 30.3 Å². The number of carbonyl (C=O) groups is 1. The summed E-state index contributed by atoms with van der Waals surface area (Å²) >= 11 is 0. The SMILES string of the molecule is Cc1nn(CC(F)F)c2nc(N3CCC4(CCN(c5ccnc(C(F)(F)F)c5)C4=O)C3)ncc12. The van der Waals surface area contributed by atoms with E-state index in [9.17, 15) is 26.7 Å². The van der Waals surface area contributed by atoms with Crippen LogP contribution in [0.3, 0.4) is 0 Å². The molecule has 3 aromatic heterocycles. The van der Waals surface area contributed by atoms with Crippen LogP contribution in [-0.2, 0) is 17.5 Å². The Labute approximate surface area is 190 Å². The van der Waals surface area contributed by atoms with Gasteiger partial charge < -0.3 is 9.80 Å². The molecule has 3 aromatic rings. The summed E-state index contributed by atoms with van der Waals surface area (Å²) < 4.78 is 66.2. The first-order chi connectivity index (χ1) is 16.1. The molecule has 34 heavy (non-hydrogen) atoms. The first-order valence-corrected chi connectivity index (χ1v) is 10.7. The third kappa shape index (κ3) is 3.72. The number of hydrogen-bond donors (Lipinski definition) is 0. The van der Waals surface area contributed by atoms with E-state index in [1.807, 2.05) is 4.90 Å². The average Bonchev–Trinajstić information content (AvgIpc) is 3.45. The van der Waals surface area contributed by atoms with E-state index in [1.54, 1.807) is 6.92 Å². The summed E-state index contributed by atoms with van der Waals surface area (Å²) in [5, 5.41) is 4.69. The second kappa shape index (κ2) is 7.84. The molecule has 1 atom stereocenters. The van der Waals surface area contributed by atoms with Crippen LogP contribution in [-0.4, -0.2) is 56.7 Å². The first-order valence-electron chi connectivity index (χ1n) is 10.7. The van der Waals surface area contributed by atoms with Crippen molar-refractivity contribution in [3.05, 3.63) is 35.9 Å². The molecule has 2 saturated heterocycles. The predicted molar refractivity (Wildman–Crippen MR) is 112 cm³/mol. The summed E-state index contributed by atoms with van der Waals surface area (Å²) in [7, 11) is 0. The van der Waals surface area contributed by atoms with Gasteiger partial charge in [-0.2, -0.15) is 23.3 Å². The summed E-state index contributed by atoms with van der Waals surface area (Å²) in [4.78, 5) is 28.7. The standard InChI is InChI=1S/C21H20F5N7O/c1-12-14-9-28-19(29-17(14)33(30-12)10-16(22)23)31-6-3-20(11-31)4-7-32(18(20)34)13-2-5-27-15(8-13)21(24,25)26/h2,5,8-9,16H,3-4,6-7,10-11H2,1H3. The van der Waals surface area contributed by atoms with E-state index in [1.165, 1.54) is 17.2 Å². The number of fused-ring (bicyclic) bond motifs is 1. The third-order valence-corrected chi connectivity index (χ3v) is 6.47. The van der Waals surface area contributed by atoms with Crippen molar-refractivity contribution in [2.24, 2.45) is 5.41 Å². The molecule has 0 N–H and O–H groups in total. The van der Waals surface area contributed by atoms with Crippen LogP contribution in [0.5, 0.6) is 0 Å². The van der Waals surface area contributed by atoms with Gasteiger partial charge in [0.1, 0.15) is 12.2 Å². The van der Waals surface area contributed by atoms with E-state index >= 15 is 0 Å². The van der Waals surface area contributed by atoms with Crippen molar-refractivity contribution in [2.45, 2.75) is 38.9 Å². The number of hydrogen-bond acceptors (Lipinski definition) is 6. The van der Waals surface area contributed by atoms with Crippen LogP contribution in [0.4, 0.5) is 33.6 Å². The maximum atomic E-state index is 13.3. The van der Waals surface area contributed by atoms with E-state index in [4.69, 9.17) is 0 Å². The zero-order chi connectivity index (χ0) is 24.3. The van der Waals surface area contributed by atoms with Gasteiger partial charge in [-0.25, -0.2) is 18.4 Å². The Morgan fingerprint density at radius 1 is 1.18 bits per heavy atom. The highest BCUT2D eigenvalue weighted by Crippen LogP contribution is 2.43. The van der Waals surface area contributed by atoms with Gasteiger partial charge in [-0.1, -0.05) is 0 Å². The van der Waals surface area contributed by atoms with Crippen molar-refractivity contribution in [1.82, 2.24) is 24.7 Å². The number of rotatable bonds is 4. The van der Waals surface area contributed by atoms with Crippen molar-refractivity contribution < 1.29 is 26.7 Å². The molecule has 13 heteroatoms. The quantitative estimate of drug-likeness (QED) is 0.532. The summed E-state index contributed by atoms with van der Waals surface area (Å²) in [6, 6.07) is 2.27. The van der Waals surface area contributed by atoms with Gasteiger partial charge in [0, 0.05) is 37.7 Å². The minimum atomic E-state index is -4.61. The van der Waals surface area contributed by atoms with Crippen LogP contribution in [0.15, 0.2) is 24.5 Å². The molecule has 1 spiro atoms. The van der Waals surface area contributed by atoms with Gasteiger partial charge >= 0.3 is 6.18 Å². The summed E-state index contributed by atoms with van der Waals surface area (Å²) in [6.45, 7) is 2.12. The van der Waals surface area contributed by atoms with E-state index in [2.05, 4.69) is 20.1 Å². The number of anilines is 2. The molecule has 2 aliphatic heterocycles. The highest BCUT2D eigenvalue weighted by atomic mass is 19.4. The van der Waals surface area contributed by atoms with Gasteiger partial charge in [-0.05, 0) is 31.9 Å². The second-order valence-electron chi connectivity index (χ2n) is 8.62. The van der Waals surface area contributed by atoms with Crippen molar-refractivity contribution in [2.75, 3.05) is 29.4 Å². The van der Waals surface area contributed by atoms with Crippen molar-refractivity contribution >= 4 is 28.6 Å². The number of alkyl halides is 5. The number of aryl methyl sites for hydroxylation is 1. The largest absolute Gasteiger partial charge is 0.433 e. The van der Waals surface area contributed by atoms with Crippen LogP contribution in [0.25, 0.3) is 11.0 Å². The zero-order valence-electron chi connectivity index (χ0n) is 18.1. The zero-order valence-corrected chi connectivity index (χ0v) is 18.1. The van der Waals surface area contributed by atoms with Crippen molar-refractivity contribution in [3.63, 3.8) is 0 Å². The molecule has 1 unspecified atom stereocenters. The fraction of sp³-hybridized carbons (Fsp3) is 0.476.